The van der Waals surface area contributed by atoms with Crippen molar-refractivity contribution < 1.29 is 14.0 Å². The lowest BCUT2D eigenvalue weighted by Crippen LogP contribution is -2.28. The third-order valence-electron chi connectivity index (χ3n) is 3.23. The van der Waals surface area contributed by atoms with Crippen LogP contribution in [-0.4, -0.2) is 18.4 Å². The van der Waals surface area contributed by atoms with Crippen LogP contribution in [0.25, 0.3) is 0 Å². The van der Waals surface area contributed by atoms with Crippen molar-refractivity contribution in [3.05, 3.63) is 64.4 Å². The number of aryl methyl sites for hydroxylation is 1. The van der Waals surface area contributed by atoms with Crippen molar-refractivity contribution in [1.29, 1.82) is 0 Å². The van der Waals surface area contributed by atoms with E-state index >= 15 is 0 Å². The molecule has 2 amide bonds. The second-order valence-electron chi connectivity index (χ2n) is 4.99. The highest BCUT2D eigenvalue weighted by Gasteiger charge is 2.10. The molecule has 0 fully saturated rings. The normalized spacial score (nSPS) is 10.2. The fourth-order valence-electron chi connectivity index (χ4n) is 1.97. The van der Waals surface area contributed by atoms with Gasteiger partial charge in [-0.15, -0.1) is 0 Å². The zero-order chi connectivity index (χ0) is 16.8. The lowest BCUT2D eigenvalue weighted by atomic mass is 10.2. The average molecular weight is 335 g/mol. The number of halogens is 2. The molecule has 0 bridgehead atoms. The van der Waals surface area contributed by atoms with E-state index in [-0.39, 0.29) is 24.8 Å². The van der Waals surface area contributed by atoms with Gasteiger partial charge in [0.15, 0.2) is 0 Å². The van der Waals surface area contributed by atoms with Crippen molar-refractivity contribution in [2.24, 2.45) is 0 Å². The largest absolute Gasteiger partial charge is 0.351 e. The summed E-state index contributed by atoms with van der Waals surface area (Å²) in [5.74, 6) is -1.07. The van der Waals surface area contributed by atoms with Gasteiger partial charge < -0.3 is 10.6 Å². The second kappa shape index (κ2) is 7.74. The summed E-state index contributed by atoms with van der Waals surface area (Å²) in [6, 6.07) is 10.8. The van der Waals surface area contributed by atoms with Crippen LogP contribution in [-0.2, 0) is 4.79 Å². The van der Waals surface area contributed by atoms with Crippen LogP contribution < -0.4 is 10.6 Å². The third-order valence-corrected chi connectivity index (χ3v) is 3.56. The molecular weight excluding hydrogens is 319 g/mol. The molecule has 0 radical (unpaired) electrons. The first-order valence-corrected chi connectivity index (χ1v) is 7.44. The molecule has 0 atom stereocenters. The molecule has 2 N–H and O–H groups in total. The maximum absolute atomic E-state index is 13.2. The fourth-order valence-corrected chi connectivity index (χ4v) is 2.19. The van der Waals surface area contributed by atoms with Crippen LogP contribution in [0.1, 0.15) is 22.3 Å². The molecule has 0 saturated carbocycles. The van der Waals surface area contributed by atoms with Crippen LogP contribution in [0.4, 0.5) is 10.1 Å². The molecule has 0 aliphatic carbocycles. The van der Waals surface area contributed by atoms with Gasteiger partial charge in [-0.1, -0.05) is 29.8 Å². The van der Waals surface area contributed by atoms with Gasteiger partial charge in [0, 0.05) is 18.7 Å². The van der Waals surface area contributed by atoms with Gasteiger partial charge in [-0.25, -0.2) is 4.39 Å². The minimum absolute atomic E-state index is 0.0755. The zero-order valence-corrected chi connectivity index (χ0v) is 13.3. The minimum Gasteiger partial charge on any atom is -0.351 e. The van der Waals surface area contributed by atoms with Gasteiger partial charge in [-0.3, -0.25) is 9.59 Å². The van der Waals surface area contributed by atoms with Crippen molar-refractivity contribution in [2.75, 3.05) is 11.9 Å². The van der Waals surface area contributed by atoms with Gasteiger partial charge >= 0.3 is 0 Å². The first kappa shape index (κ1) is 17.0. The maximum atomic E-state index is 13.2. The summed E-state index contributed by atoms with van der Waals surface area (Å²) >= 11 is 5.92. The van der Waals surface area contributed by atoms with Crippen LogP contribution >= 0.6 is 11.6 Å². The highest BCUT2D eigenvalue weighted by molar-refractivity contribution is 6.33. The summed E-state index contributed by atoms with van der Waals surface area (Å²) in [5.41, 5.74) is 1.54. The van der Waals surface area contributed by atoms with Crippen molar-refractivity contribution in [1.82, 2.24) is 5.32 Å². The van der Waals surface area contributed by atoms with E-state index < -0.39 is 5.82 Å². The molecule has 0 spiro atoms. The quantitative estimate of drug-likeness (QED) is 0.878. The Morgan fingerprint density at radius 3 is 2.65 bits per heavy atom. The number of hydrogen-bond acceptors (Lipinski definition) is 2. The second-order valence-corrected chi connectivity index (χ2v) is 5.40. The number of hydrogen-bond donors (Lipinski definition) is 2. The lowest BCUT2D eigenvalue weighted by Gasteiger charge is -2.09. The molecule has 2 aromatic carbocycles. The summed E-state index contributed by atoms with van der Waals surface area (Å²) < 4.78 is 13.2. The number of benzene rings is 2. The Kier molecular flexibility index (Phi) is 5.71. The SMILES string of the molecule is Cc1ccc(F)cc1NC(=O)CCNC(=O)c1ccccc1Cl. The number of rotatable bonds is 5. The predicted octanol–water partition coefficient (Wildman–Crippen LogP) is 3.55. The van der Waals surface area contributed by atoms with Gasteiger partial charge in [0.05, 0.1) is 10.6 Å². The first-order valence-electron chi connectivity index (χ1n) is 7.06. The summed E-state index contributed by atoms with van der Waals surface area (Å²) in [4.78, 5) is 23.8. The topological polar surface area (TPSA) is 58.2 Å². The Hall–Kier alpha value is -2.40. The smallest absolute Gasteiger partial charge is 0.252 e. The molecule has 2 rings (SSSR count). The Bertz CT molecular complexity index is 734. The molecule has 0 aliphatic rings. The van der Waals surface area contributed by atoms with E-state index in [0.717, 1.165) is 5.56 Å². The highest BCUT2D eigenvalue weighted by Crippen LogP contribution is 2.16. The third kappa shape index (κ3) is 4.79. The molecule has 120 valence electrons. The zero-order valence-electron chi connectivity index (χ0n) is 12.5. The van der Waals surface area contributed by atoms with Crippen LogP contribution in [0.15, 0.2) is 42.5 Å². The minimum atomic E-state index is -0.419. The van der Waals surface area contributed by atoms with Gasteiger partial charge in [-0.2, -0.15) is 0 Å². The molecular formula is C17H16ClFN2O2. The highest BCUT2D eigenvalue weighted by atomic mass is 35.5. The van der Waals surface area contributed by atoms with E-state index in [2.05, 4.69) is 10.6 Å². The summed E-state index contributed by atoms with van der Waals surface area (Å²) in [6.45, 7) is 1.93. The average Bonchev–Trinajstić information content (AvgIpc) is 2.51. The maximum Gasteiger partial charge on any atom is 0.252 e. The van der Waals surface area contributed by atoms with Crippen LogP contribution in [0, 0.1) is 12.7 Å². The van der Waals surface area contributed by atoms with E-state index in [1.807, 2.05) is 0 Å². The van der Waals surface area contributed by atoms with E-state index in [1.54, 1.807) is 37.3 Å². The fraction of sp³-hybridized carbons (Fsp3) is 0.176. The standard InChI is InChI=1S/C17H16ClFN2O2/c1-11-6-7-12(19)10-15(11)21-16(22)8-9-20-17(23)13-4-2-3-5-14(13)18/h2-7,10H,8-9H2,1H3,(H,20,23)(H,21,22). The monoisotopic (exact) mass is 334 g/mol. The van der Waals surface area contributed by atoms with E-state index in [1.165, 1.54) is 12.1 Å². The van der Waals surface area contributed by atoms with Crippen molar-refractivity contribution >= 4 is 29.1 Å². The van der Waals surface area contributed by atoms with E-state index in [4.69, 9.17) is 11.6 Å². The van der Waals surface area contributed by atoms with Crippen LogP contribution in [0.3, 0.4) is 0 Å². The summed E-state index contributed by atoms with van der Waals surface area (Å²) in [7, 11) is 0. The molecule has 0 saturated heterocycles. The summed E-state index contributed by atoms with van der Waals surface area (Å²) in [5, 5.41) is 5.60. The van der Waals surface area contributed by atoms with E-state index in [9.17, 15) is 14.0 Å². The number of carbonyl (C=O) groups is 2. The molecule has 6 heteroatoms. The van der Waals surface area contributed by atoms with Crippen molar-refractivity contribution in [3.63, 3.8) is 0 Å². The lowest BCUT2D eigenvalue weighted by molar-refractivity contribution is -0.116. The Morgan fingerprint density at radius 1 is 1.17 bits per heavy atom. The number of carbonyl (C=O) groups excluding carboxylic acids is 2. The number of nitrogens with one attached hydrogen (secondary N) is 2. The Morgan fingerprint density at radius 2 is 1.91 bits per heavy atom. The van der Waals surface area contributed by atoms with Gasteiger partial charge in [-0.05, 0) is 36.8 Å². The van der Waals surface area contributed by atoms with Gasteiger partial charge in [0.25, 0.3) is 5.91 Å². The van der Waals surface area contributed by atoms with Crippen LogP contribution in [0.2, 0.25) is 5.02 Å². The number of anilines is 1. The van der Waals surface area contributed by atoms with Gasteiger partial charge in [0.2, 0.25) is 5.91 Å². The van der Waals surface area contributed by atoms with Crippen molar-refractivity contribution in [2.45, 2.75) is 13.3 Å². The molecule has 23 heavy (non-hydrogen) atoms. The molecule has 4 nitrogen and oxygen atoms in total. The Balaban J connectivity index is 1.84. The Labute approximate surface area is 138 Å². The van der Waals surface area contributed by atoms with Crippen molar-refractivity contribution in [3.8, 4) is 0 Å². The molecule has 0 unspecified atom stereocenters. The first-order chi connectivity index (χ1) is 11.0. The molecule has 2 aromatic rings. The molecule has 0 aromatic heterocycles. The number of amides is 2. The predicted molar refractivity (Wildman–Crippen MR) is 88.2 cm³/mol. The van der Waals surface area contributed by atoms with Crippen LogP contribution in [0.5, 0.6) is 0 Å². The summed E-state index contributed by atoms with van der Waals surface area (Å²) in [6.07, 6.45) is 0.0755. The molecule has 0 heterocycles. The molecule has 0 aliphatic heterocycles. The van der Waals surface area contributed by atoms with Gasteiger partial charge in [0.1, 0.15) is 5.82 Å². The van der Waals surface area contributed by atoms with E-state index in [0.29, 0.717) is 16.3 Å².